The highest BCUT2D eigenvalue weighted by molar-refractivity contribution is 5.47. The monoisotopic (exact) mass is 309 g/mol. The number of fused-ring (bicyclic) bond motifs is 1. The average Bonchev–Trinajstić information content (AvgIpc) is 2.58. The fraction of sp³-hybridized carbons (Fsp3) is 0.533. The zero-order valence-corrected chi connectivity index (χ0v) is 12.1. The molecule has 0 saturated carbocycles. The molecule has 0 radical (unpaired) electrons. The first kappa shape index (κ1) is 15.4. The van der Waals surface area contributed by atoms with Crippen molar-refractivity contribution in [2.75, 3.05) is 13.7 Å². The molecule has 0 aromatic heterocycles. The predicted octanol–water partition coefficient (Wildman–Crippen LogP) is -0.0526. The van der Waals surface area contributed by atoms with Gasteiger partial charge in [-0.25, -0.2) is 0 Å². The smallest absolute Gasteiger partial charge is 0.207 e. The number of carbonyl (C=O) groups excluding carboxylic acids is 1. The van der Waals surface area contributed by atoms with Crippen LogP contribution in [0.4, 0.5) is 0 Å². The number of nitrogens with one attached hydrogen (secondary N) is 1. The van der Waals surface area contributed by atoms with Gasteiger partial charge in [-0.15, -0.1) is 0 Å². The van der Waals surface area contributed by atoms with Crippen LogP contribution in [0.25, 0.3) is 0 Å². The lowest BCUT2D eigenvalue weighted by atomic mass is 9.96. The summed E-state index contributed by atoms with van der Waals surface area (Å²) in [6, 6.07) is 8.76. The van der Waals surface area contributed by atoms with Crippen molar-refractivity contribution in [1.29, 1.82) is 0 Å². The van der Waals surface area contributed by atoms with Crippen molar-refractivity contribution < 1.29 is 28.8 Å². The Morgan fingerprint density at radius 1 is 1.32 bits per heavy atom. The molecule has 2 aliphatic rings. The molecule has 0 spiro atoms. The molecule has 2 saturated heterocycles. The summed E-state index contributed by atoms with van der Waals surface area (Å²) in [5, 5.41) is 13.0. The van der Waals surface area contributed by atoms with E-state index in [1.165, 1.54) is 7.11 Å². The predicted molar refractivity (Wildman–Crippen MR) is 74.7 cm³/mol. The summed E-state index contributed by atoms with van der Waals surface area (Å²) in [6.45, 7) is 0.273. The van der Waals surface area contributed by atoms with E-state index in [0.29, 0.717) is 6.41 Å². The largest absolute Gasteiger partial charge is 0.388 e. The highest BCUT2D eigenvalue weighted by atomic mass is 16.7. The fourth-order valence-corrected chi connectivity index (χ4v) is 2.83. The molecule has 2 heterocycles. The van der Waals surface area contributed by atoms with Crippen LogP contribution in [0.15, 0.2) is 30.3 Å². The molecule has 0 aliphatic carbocycles. The first-order valence-electron chi connectivity index (χ1n) is 7.12. The summed E-state index contributed by atoms with van der Waals surface area (Å²) >= 11 is 0. The number of amides is 1. The Kier molecular flexibility index (Phi) is 4.70. The zero-order valence-electron chi connectivity index (χ0n) is 12.1. The summed E-state index contributed by atoms with van der Waals surface area (Å²) in [5.74, 6) is 0. The molecule has 2 aliphatic heterocycles. The third-order valence-electron chi connectivity index (χ3n) is 3.93. The summed E-state index contributed by atoms with van der Waals surface area (Å²) in [7, 11) is 1.45. The second-order valence-corrected chi connectivity index (χ2v) is 5.26. The minimum atomic E-state index is -0.955. The van der Waals surface area contributed by atoms with Gasteiger partial charge in [-0.2, -0.15) is 0 Å². The van der Waals surface area contributed by atoms with Gasteiger partial charge in [0.15, 0.2) is 12.6 Å². The number of rotatable bonds is 4. The molecule has 1 amide bonds. The van der Waals surface area contributed by atoms with Gasteiger partial charge in [-0.3, -0.25) is 4.79 Å². The van der Waals surface area contributed by atoms with E-state index in [-0.39, 0.29) is 6.61 Å². The molecule has 2 N–H and O–H groups in total. The number of aliphatic hydroxyl groups excluding tert-OH is 1. The highest BCUT2D eigenvalue weighted by Gasteiger charge is 2.49. The van der Waals surface area contributed by atoms with Crippen molar-refractivity contribution >= 4 is 6.41 Å². The number of hydrogen-bond acceptors (Lipinski definition) is 6. The summed E-state index contributed by atoms with van der Waals surface area (Å²) in [6.07, 6.45) is -2.83. The highest BCUT2D eigenvalue weighted by Crippen LogP contribution is 2.34. The van der Waals surface area contributed by atoms with Crippen LogP contribution in [0.5, 0.6) is 0 Å². The van der Waals surface area contributed by atoms with E-state index in [9.17, 15) is 9.90 Å². The molecule has 2 fully saturated rings. The number of carbonyl (C=O) groups is 1. The lowest BCUT2D eigenvalue weighted by molar-refractivity contribution is -0.341. The second-order valence-electron chi connectivity index (χ2n) is 5.26. The van der Waals surface area contributed by atoms with Crippen LogP contribution in [0.3, 0.4) is 0 Å². The Bertz CT molecular complexity index is 498. The average molecular weight is 309 g/mol. The van der Waals surface area contributed by atoms with Gasteiger partial charge in [-0.05, 0) is 0 Å². The summed E-state index contributed by atoms with van der Waals surface area (Å²) in [5.41, 5.74) is 0.863. The van der Waals surface area contributed by atoms with Crippen LogP contribution < -0.4 is 5.32 Å². The Hall–Kier alpha value is -1.51. The second kappa shape index (κ2) is 6.72. The fourth-order valence-electron chi connectivity index (χ4n) is 2.83. The van der Waals surface area contributed by atoms with E-state index < -0.39 is 36.9 Å². The topological polar surface area (TPSA) is 86.2 Å². The molecule has 1 aromatic carbocycles. The zero-order chi connectivity index (χ0) is 15.5. The molecule has 22 heavy (non-hydrogen) atoms. The number of aliphatic hydroxyl groups is 1. The van der Waals surface area contributed by atoms with Gasteiger partial charge < -0.3 is 29.4 Å². The molecule has 7 heteroatoms. The number of ether oxygens (including phenoxy) is 4. The van der Waals surface area contributed by atoms with E-state index in [2.05, 4.69) is 5.32 Å². The van der Waals surface area contributed by atoms with Gasteiger partial charge in [0.1, 0.15) is 24.4 Å². The van der Waals surface area contributed by atoms with Crippen molar-refractivity contribution in [2.24, 2.45) is 0 Å². The first-order valence-corrected chi connectivity index (χ1v) is 7.12. The molecule has 120 valence electrons. The standard InChI is InChI=1S/C15H19NO6/c1-19-15-11(16-8-17)12(18)13-10(21-15)7-20-14(22-13)9-5-3-2-4-6-9/h2-6,8,10-15,18H,7H2,1H3,(H,16,17)/t10?,11?,12?,13-,14?,15?/m1/s1. The van der Waals surface area contributed by atoms with Crippen molar-refractivity contribution in [3.63, 3.8) is 0 Å². The molecular formula is C15H19NO6. The van der Waals surface area contributed by atoms with Crippen molar-refractivity contribution in [1.82, 2.24) is 5.32 Å². The molecule has 0 bridgehead atoms. The van der Waals surface area contributed by atoms with E-state index in [4.69, 9.17) is 18.9 Å². The van der Waals surface area contributed by atoms with Gasteiger partial charge in [0.25, 0.3) is 0 Å². The molecule has 6 atom stereocenters. The Balaban J connectivity index is 1.76. The minimum absolute atomic E-state index is 0.273. The minimum Gasteiger partial charge on any atom is -0.388 e. The van der Waals surface area contributed by atoms with E-state index in [1.54, 1.807) is 0 Å². The van der Waals surface area contributed by atoms with Gasteiger partial charge in [0.05, 0.1) is 6.61 Å². The van der Waals surface area contributed by atoms with Crippen LogP contribution in [0.1, 0.15) is 11.9 Å². The van der Waals surface area contributed by atoms with E-state index in [0.717, 1.165) is 5.56 Å². The lowest BCUT2D eigenvalue weighted by Crippen LogP contribution is -2.65. The normalized spacial score (nSPS) is 38.1. The van der Waals surface area contributed by atoms with E-state index >= 15 is 0 Å². The SMILES string of the molecule is COC1OC2COC(c3ccccc3)O[C@H]2C(O)C1NC=O. The molecule has 7 nitrogen and oxygen atoms in total. The molecule has 1 aromatic rings. The third-order valence-corrected chi connectivity index (χ3v) is 3.93. The van der Waals surface area contributed by atoms with Gasteiger partial charge >= 0.3 is 0 Å². The van der Waals surface area contributed by atoms with Crippen LogP contribution in [-0.4, -0.2) is 55.9 Å². The maximum absolute atomic E-state index is 10.7. The quantitative estimate of drug-likeness (QED) is 0.758. The summed E-state index contributed by atoms with van der Waals surface area (Å²) < 4.78 is 22.4. The summed E-state index contributed by atoms with van der Waals surface area (Å²) in [4.78, 5) is 10.7. The number of hydrogen-bond donors (Lipinski definition) is 2. The first-order chi connectivity index (χ1) is 10.7. The van der Waals surface area contributed by atoms with Crippen LogP contribution in [0, 0.1) is 0 Å². The van der Waals surface area contributed by atoms with Crippen molar-refractivity contribution in [2.45, 2.75) is 36.9 Å². The maximum Gasteiger partial charge on any atom is 0.207 e. The van der Waals surface area contributed by atoms with E-state index in [1.807, 2.05) is 30.3 Å². The van der Waals surface area contributed by atoms with Crippen molar-refractivity contribution in [3.8, 4) is 0 Å². The third kappa shape index (κ3) is 2.86. The Morgan fingerprint density at radius 2 is 2.09 bits per heavy atom. The maximum atomic E-state index is 10.7. The van der Waals surface area contributed by atoms with Gasteiger partial charge in [0, 0.05) is 12.7 Å². The van der Waals surface area contributed by atoms with Gasteiger partial charge in [-0.1, -0.05) is 30.3 Å². The molecular weight excluding hydrogens is 290 g/mol. The van der Waals surface area contributed by atoms with Gasteiger partial charge in [0.2, 0.25) is 6.41 Å². The Labute approximate surface area is 128 Å². The number of methoxy groups -OCH3 is 1. The van der Waals surface area contributed by atoms with Crippen LogP contribution in [0.2, 0.25) is 0 Å². The lowest BCUT2D eigenvalue weighted by Gasteiger charge is -2.47. The van der Waals surface area contributed by atoms with Crippen molar-refractivity contribution in [3.05, 3.63) is 35.9 Å². The Morgan fingerprint density at radius 3 is 2.77 bits per heavy atom. The molecule has 3 rings (SSSR count). The molecule has 5 unspecified atom stereocenters. The van der Waals surface area contributed by atoms with Crippen LogP contribution in [-0.2, 0) is 23.7 Å². The van der Waals surface area contributed by atoms with Crippen LogP contribution >= 0.6 is 0 Å². The number of benzene rings is 1.